The Morgan fingerprint density at radius 1 is 0.600 bits per heavy atom. The molecule has 0 saturated carbocycles. The Labute approximate surface area is 180 Å². The molecule has 0 spiro atoms. The van der Waals surface area contributed by atoms with Crippen LogP contribution in [0.25, 0.3) is 10.8 Å². The topological polar surface area (TPSA) is 64.7 Å². The lowest BCUT2D eigenvalue weighted by molar-refractivity contribution is 0.177. The van der Waals surface area contributed by atoms with Gasteiger partial charge in [-0.1, -0.05) is 24.3 Å². The van der Waals surface area contributed by atoms with E-state index < -0.39 is 0 Å². The molecule has 30 heavy (non-hydrogen) atoms. The van der Waals surface area contributed by atoms with Crippen molar-refractivity contribution >= 4 is 34.2 Å². The summed E-state index contributed by atoms with van der Waals surface area (Å²) in [6.07, 6.45) is 0. The Bertz CT molecular complexity index is 801. The molecule has 0 heterocycles. The number of urea groups is 2. The number of rotatable bonds is 6. The summed E-state index contributed by atoms with van der Waals surface area (Å²) in [7, 11) is 0. The highest BCUT2D eigenvalue weighted by molar-refractivity contribution is 6.08. The van der Waals surface area contributed by atoms with Crippen molar-refractivity contribution in [2.24, 2.45) is 0 Å². The van der Waals surface area contributed by atoms with E-state index in [0.717, 1.165) is 22.1 Å². The van der Waals surface area contributed by atoms with E-state index in [0.29, 0.717) is 0 Å². The van der Waals surface area contributed by atoms with Crippen LogP contribution in [0.15, 0.2) is 36.4 Å². The number of carbonyl (C=O) groups is 2. The Balaban J connectivity index is 2.37. The zero-order valence-corrected chi connectivity index (χ0v) is 19.5. The zero-order chi connectivity index (χ0) is 22.6. The maximum absolute atomic E-state index is 12.9. The minimum atomic E-state index is -0.132. The van der Waals surface area contributed by atoms with Crippen molar-refractivity contribution in [2.45, 2.75) is 79.6 Å². The van der Waals surface area contributed by atoms with E-state index in [9.17, 15) is 9.59 Å². The first kappa shape index (κ1) is 23.5. The molecule has 2 aromatic rings. The molecule has 2 rings (SSSR count). The van der Waals surface area contributed by atoms with E-state index in [2.05, 4.69) is 10.6 Å². The van der Waals surface area contributed by atoms with Crippen molar-refractivity contribution in [3.05, 3.63) is 36.4 Å². The molecule has 0 atom stereocenters. The van der Waals surface area contributed by atoms with Crippen molar-refractivity contribution < 1.29 is 9.59 Å². The van der Waals surface area contributed by atoms with Crippen LogP contribution in [0.3, 0.4) is 0 Å². The van der Waals surface area contributed by atoms with Crippen LogP contribution in [0.2, 0.25) is 0 Å². The molecule has 0 saturated heterocycles. The molecule has 164 valence electrons. The average molecular weight is 413 g/mol. The molecule has 0 unspecified atom stereocenters. The Kier molecular flexibility index (Phi) is 7.71. The van der Waals surface area contributed by atoms with Crippen LogP contribution >= 0.6 is 0 Å². The van der Waals surface area contributed by atoms with Crippen LogP contribution in [-0.2, 0) is 0 Å². The number of nitrogens with one attached hydrogen (secondary N) is 2. The summed E-state index contributed by atoms with van der Waals surface area (Å²) in [6.45, 7) is 16.0. The normalized spacial score (nSPS) is 11.5. The molecule has 0 aromatic heterocycles. The van der Waals surface area contributed by atoms with Gasteiger partial charge in [-0.2, -0.15) is 0 Å². The zero-order valence-electron chi connectivity index (χ0n) is 19.5. The second-order valence-corrected chi connectivity index (χ2v) is 8.76. The van der Waals surface area contributed by atoms with E-state index in [1.807, 2.05) is 102 Å². The van der Waals surface area contributed by atoms with Crippen molar-refractivity contribution in [1.82, 2.24) is 9.80 Å². The Morgan fingerprint density at radius 2 is 0.900 bits per heavy atom. The van der Waals surface area contributed by atoms with Gasteiger partial charge in [0.1, 0.15) is 0 Å². The third-order valence-corrected chi connectivity index (χ3v) is 5.10. The van der Waals surface area contributed by atoms with Crippen molar-refractivity contribution in [1.29, 1.82) is 0 Å². The first-order valence-electron chi connectivity index (χ1n) is 10.7. The number of anilines is 2. The van der Waals surface area contributed by atoms with Gasteiger partial charge in [-0.3, -0.25) is 0 Å². The van der Waals surface area contributed by atoms with E-state index in [1.165, 1.54) is 0 Å². The molecular weight excluding hydrogens is 376 g/mol. The predicted octanol–water partition coefficient (Wildman–Crippen LogP) is 6.14. The second-order valence-electron chi connectivity index (χ2n) is 8.76. The molecule has 0 aliphatic heterocycles. The summed E-state index contributed by atoms with van der Waals surface area (Å²) in [6, 6.07) is 11.6. The lowest BCUT2D eigenvalue weighted by atomic mass is 10.1. The smallest absolute Gasteiger partial charge is 0.320 e. The van der Waals surface area contributed by atoms with E-state index in [1.54, 1.807) is 0 Å². The number of fused-ring (bicyclic) bond motifs is 1. The van der Waals surface area contributed by atoms with Crippen molar-refractivity contribution in [2.75, 3.05) is 10.6 Å². The molecule has 2 aromatic carbocycles. The lowest BCUT2D eigenvalue weighted by Crippen LogP contribution is -2.44. The Hall–Kier alpha value is -2.76. The molecule has 0 radical (unpaired) electrons. The summed E-state index contributed by atoms with van der Waals surface area (Å²) in [4.78, 5) is 29.4. The summed E-state index contributed by atoms with van der Waals surface area (Å²) in [5.74, 6) is 0. The van der Waals surface area contributed by atoms with E-state index in [4.69, 9.17) is 0 Å². The van der Waals surface area contributed by atoms with Crippen molar-refractivity contribution in [3.8, 4) is 0 Å². The number of carbonyl (C=O) groups excluding carboxylic acids is 2. The van der Waals surface area contributed by atoms with Crippen molar-refractivity contribution in [3.63, 3.8) is 0 Å². The summed E-state index contributed by atoms with van der Waals surface area (Å²) < 4.78 is 0. The fourth-order valence-corrected chi connectivity index (χ4v) is 4.02. The Morgan fingerprint density at radius 3 is 1.17 bits per heavy atom. The molecule has 2 N–H and O–H groups in total. The van der Waals surface area contributed by atoms with Crippen LogP contribution in [0.5, 0.6) is 0 Å². The highest BCUT2D eigenvalue weighted by Crippen LogP contribution is 2.30. The number of hydrogen-bond donors (Lipinski definition) is 2. The monoisotopic (exact) mass is 412 g/mol. The number of benzene rings is 2. The van der Waals surface area contributed by atoms with Crippen LogP contribution in [0.1, 0.15) is 55.4 Å². The molecule has 0 fully saturated rings. The van der Waals surface area contributed by atoms with Gasteiger partial charge in [0.2, 0.25) is 0 Å². The van der Waals surface area contributed by atoms with Gasteiger partial charge in [0.05, 0.1) is 11.4 Å². The highest BCUT2D eigenvalue weighted by atomic mass is 16.2. The second kappa shape index (κ2) is 9.83. The molecule has 6 nitrogen and oxygen atoms in total. The molecular formula is C24H36N4O2. The van der Waals surface area contributed by atoms with Gasteiger partial charge in [0.25, 0.3) is 0 Å². The minimum absolute atomic E-state index is 0.0906. The third-order valence-electron chi connectivity index (χ3n) is 5.10. The molecule has 0 aliphatic rings. The molecule has 6 heteroatoms. The van der Waals surface area contributed by atoms with Gasteiger partial charge in [0, 0.05) is 34.9 Å². The first-order valence-corrected chi connectivity index (χ1v) is 10.7. The van der Waals surface area contributed by atoms with Gasteiger partial charge in [0.15, 0.2) is 0 Å². The summed E-state index contributed by atoms with van der Waals surface area (Å²) in [5.41, 5.74) is 1.45. The van der Waals surface area contributed by atoms with Crippen LogP contribution in [0.4, 0.5) is 21.0 Å². The highest BCUT2D eigenvalue weighted by Gasteiger charge is 2.22. The standard InChI is InChI=1S/C24H36N4O2/c1-15(2)27(16(3)4)23(29)25-21-13-9-12-20-19(21)11-10-14-22(20)26-24(30)28(17(5)6)18(7)8/h9-18H,1-8H3,(H,25,29)(H,26,30). The maximum Gasteiger partial charge on any atom is 0.322 e. The minimum Gasteiger partial charge on any atom is -0.320 e. The summed E-state index contributed by atoms with van der Waals surface area (Å²) >= 11 is 0. The van der Waals surface area contributed by atoms with Gasteiger partial charge in [-0.25, -0.2) is 9.59 Å². The quantitative estimate of drug-likeness (QED) is 0.598. The SMILES string of the molecule is CC(C)N(C(=O)Nc1cccc2c(NC(=O)N(C(C)C)C(C)C)cccc12)C(C)C. The average Bonchev–Trinajstić information content (AvgIpc) is 2.61. The fraction of sp³-hybridized carbons (Fsp3) is 0.500. The van der Waals surface area contributed by atoms with Gasteiger partial charge < -0.3 is 20.4 Å². The van der Waals surface area contributed by atoms with Gasteiger partial charge in [-0.15, -0.1) is 0 Å². The summed E-state index contributed by atoms with van der Waals surface area (Å²) in [5, 5.41) is 7.87. The largest absolute Gasteiger partial charge is 0.322 e. The molecule has 4 amide bonds. The van der Waals surface area contributed by atoms with Gasteiger partial charge in [-0.05, 0) is 67.5 Å². The van der Waals surface area contributed by atoms with Crippen LogP contribution in [-0.4, -0.2) is 46.0 Å². The fourth-order valence-electron chi connectivity index (χ4n) is 4.02. The van der Waals surface area contributed by atoms with Crippen LogP contribution < -0.4 is 10.6 Å². The van der Waals surface area contributed by atoms with E-state index >= 15 is 0 Å². The molecule has 0 aliphatic carbocycles. The lowest BCUT2D eigenvalue weighted by Gasteiger charge is -2.31. The first-order chi connectivity index (χ1) is 14.0. The number of hydrogen-bond acceptors (Lipinski definition) is 2. The van der Waals surface area contributed by atoms with E-state index in [-0.39, 0.29) is 36.2 Å². The number of amides is 4. The maximum atomic E-state index is 12.9. The predicted molar refractivity (Wildman–Crippen MR) is 126 cm³/mol. The molecule has 0 bridgehead atoms. The third kappa shape index (κ3) is 5.23. The van der Waals surface area contributed by atoms with Crippen LogP contribution in [0, 0.1) is 0 Å². The van der Waals surface area contributed by atoms with Gasteiger partial charge >= 0.3 is 12.1 Å². The number of nitrogens with zero attached hydrogens (tertiary/aromatic N) is 2.